The van der Waals surface area contributed by atoms with Gasteiger partial charge in [-0.1, -0.05) is 25.3 Å². The van der Waals surface area contributed by atoms with Crippen LogP contribution in [0.4, 0.5) is 5.69 Å². The van der Waals surface area contributed by atoms with Crippen LogP contribution in [0.15, 0.2) is 27.6 Å². The number of thioether (sulfide) groups is 1. The zero-order valence-electron chi connectivity index (χ0n) is 9.26. The van der Waals surface area contributed by atoms with Gasteiger partial charge in [0.05, 0.1) is 5.69 Å². The number of hydrogen-bond donors (Lipinski definition) is 1. The molecular formula is C13H16BrNS. The van der Waals surface area contributed by atoms with E-state index in [0.29, 0.717) is 4.75 Å². The second-order valence-corrected chi connectivity index (χ2v) is 7.18. The van der Waals surface area contributed by atoms with Crippen molar-refractivity contribution in [2.75, 3.05) is 11.9 Å². The molecule has 1 nitrogen and oxygen atoms in total. The van der Waals surface area contributed by atoms with Crippen molar-refractivity contribution < 1.29 is 0 Å². The maximum atomic E-state index is 3.62. The molecule has 16 heavy (non-hydrogen) atoms. The number of benzene rings is 1. The van der Waals surface area contributed by atoms with Crippen LogP contribution in [0.3, 0.4) is 0 Å². The Bertz CT molecular complexity index is 399. The van der Waals surface area contributed by atoms with E-state index < -0.39 is 0 Å². The molecule has 3 heteroatoms. The zero-order chi connectivity index (χ0) is 11.0. The Balaban J connectivity index is 1.91. The van der Waals surface area contributed by atoms with E-state index in [1.807, 2.05) is 0 Å². The molecule has 0 amide bonds. The van der Waals surface area contributed by atoms with E-state index in [1.54, 1.807) is 0 Å². The third-order valence-corrected chi connectivity index (χ3v) is 5.86. The molecule has 1 aromatic rings. The van der Waals surface area contributed by atoms with Crippen molar-refractivity contribution >= 4 is 33.4 Å². The van der Waals surface area contributed by atoms with E-state index in [0.717, 1.165) is 6.54 Å². The van der Waals surface area contributed by atoms with E-state index in [-0.39, 0.29) is 0 Å². The number of nitrogens with one attached hydrogen (secondary N) is 1. The summed E-state index contributed by atoms with van der Waals surface area (Å²) in [4.78, 5) is 1.42. The molecule has 86 valence electrons. The van der Waals surface area contributed by atoms with E-state index in [9.17, 15) is 0 Å². The van der Waals surface area contributed by atoms with E-state index in [1.165, 1.54) is 47.2 Å². The van der Waals surface area contributed by atoms with Crippen molar-refractivity contribution in [2.45, 2.75) is 41.7 Å². The Morgan fingerprint density at radius 1 is 1.19 bits per heavy atom. The topological polar surface area (TPSA) is 12.0 Å². The standard InChI is InChI=1S/C13H16BrNS/c14-10-5-4-6-11-12(10)15-9-13(16-11)7-2-1-3-8-13/h4-6,15H,1-3,7-9H2. The van der Waals surface area contributed by atoms with Gasteiger partial charge in [-0.2, -0.15) is 0 Å². The molecule has 1 aliphatic heterocycles. The summed E-state index contributed by atoms with van der Waals surface area (Å²) in [6, 6.07) is 6.50. The van der Waals surface area contributed by atoms with Crippen LogP contribution in [0.5, 0.6) is 0 Å². The SMILES string of the molecule is Brc1cccc2c1NCC1(CCCCC1)S2. The van der Waals surface area contributed by atoms with Crippen LogP contribution < -0.4 is 5.32 Å². The highest BCUT2D eigenvalue weighted by atomic mass is 79.9. The van der Waals surface area contributed by atoms with E-state index in [4.69, 9.17) is 0 Å². The minimum Gasteiger partial charge on any atom is -0.382 e. The molecule has 1 spiro atoms. The van der Waals surface area contributed by atoms with Crippen LogP contribution in [0.1, 0.15) is 32.1 Å². The third kappa shape index (κ3) is 1.88. The highest BCUT2D eigenvalue weighted by Crippen LogP contribution is 2.50. The molecule has 1 aromatic carbocycles. The summed E-state index contributed by atoms with van der Waals surface area (Å²) in [5, 5.41) is 3.62. The summed E-state index contributed by atoms with van der Waals surface area (Å²) < 4.78 is 1.68. The van der Waals surface area contributed by atoms with Gasteiger partial charge in [-0.25, -0.2) is 0 Å². The molecule has 1 fully saturated rings. The Labute approximate surface area is 110 Å². The second-order valence-electron chi connectivity index (χ2n) is 4.81. The molecule has 0 unspecified atom stereocenters. The smallest absolute Gasteiger partial charge is 0.0623 e. The molecular weight excluding hydrogens is 282 g/mol. The molecule has 3 rings (SSSR count). The van der Waals surface area contributed by atoms with Gasteiger partial charge in [0.15, 0.2) is 0 Å². The zero-order valence-corrected chi connectivity index (χ0v) is 11.7. The van der Waals surface area contributed by atoms with Crippen LogP contribution in [-0.2, 0) is 0 Å². The fourth-order valence-corrected chi connectivity index (χ4v) is 4.93. The van der Waals surface area contributed by atoms with Crippen LogP contribution >= 0.6 is 27.7 Å². The van der Waals surface area contributed by atoms with Crippen LogP contribution in [0.2, 0.25) is 0 Å². The maximum Gasteiger partial charge on any atom is 0.0623 e. The van der Waals surface area contributed by atoms with Crippen molar-refractivity contribution in [1.82, 2.24) is 0 Å². The first kappa shape index (κ1) is 11.0. The molecule has 0 bridgehead atoms. The van der Waals surface area contributed by atoms with E-state index >= 15 is 0 Å². The number of fused-ring (bicyclic) bond motifs is 1. The minimum absolute atomic E-state index is 0.478. The number of halogens is 1. The average Bonchev–Trinajstić information content (AvgIpc) is 2.30. The Morgan fingerprint density at radius 3 is 2.81 bits per heavy atom. The molecule has 1 aliphatic carbocycles. The first-order valence-corrected chi connectivity index (χ1v) is 7.61. The number of para-hydroxylation sites is 1. The lowest BCUT2D eigenvalue weighted by molar-refractivity contribution is 0.408. The third-order valence-electron chi connectivity index (χ3n) is 3.65. The first-order valence-electron chi connectivity index (χ1n) is 6.01. The van der Waals surface area contributed by atoms with Crippen molar-refractivity contribution in [3.63, 3.8) is 0 Å². The lowest BCUT2D eigenvalue weighted by atomic mass is 9.88. The van der Waals surface area contributed by atoms with Gasteiger partial charge in [-0.05, 0) is 40.9 Å². The molecule has 0 aromatic heterocycles. The largest absolute Gasteiger partial charge is 0.382 e. The first-order chi connectivity index (χ1) is 7.79. The highest BCUT2D eigenvalue weighted by Gasteiger charge is 2.36. The van der Waals surface area contributed by atoms with Crippen molar-refractivity contribution in [3.05, 3.63) is 22.7 Å². The van der Waals surface area contributed by atoms with Crippen molar-refractivity contribution in [1.29, 1.82) is 0 Å². The quantitative estimate of drug-likeness (QED) is 0.747. The molecule has 0 atom stereocenters. The maximum absolute atomic E-state index is 3.62. The summed E-state index contributed by atoms with van der Waals surface area (Å²) in [7, 11) is 0. The Hall–Kier alpha value is -0.150. The van der Waals surface area contributed by atoms with Crippen LogP contribution in [0, 0.1) is 0 Å². The predicted octanol–water partition coefficient (Wildman–Crippen LogP) is 4.67. The van der Waals surface area contributed by atoms with Gasteiger partial charge in [0.25, 0.3) is 0 Å². The van der Waals surface area contributed by atoms with Gasteiger partial charge >= 0.3 is 0 Å². The molecule has 0 saturated heterocycles. The van der Waals surface area contributed by atoms with E-state index in [2.05, 4.69) is 51.2 Å². The van der Waals surface area contributed by atoms with Crippen LogP contribution in [-0.4, -0.2) is 11.3 Å². The van der Waals surface area contributed by atoms with Crippen molar-refractivity contribution in [2.24, 2.45) is 0 Å². The van der Waals surface area contributed by atoms with Crippen molar-refractivity contribution in [3.8, 4) is 0 Å². The number of rotatable bonds is 0. The fourth-order valence-electron chi connectivity index (χ4n) is 2.75. The normalized spacial score (nSPS) is 22.6. The molecule has 2 aliphatic rings. The lowest BCUT2D eigenvalue weighted by Gasteiger charge is -2.41. The van der Waals surface area contributed by atoms with Gasteiger partial charge < -0.3 is 5.32 Å². The predicted molar refractivity (Wildman–Crippen MR) is 74.3 cm³/mol. The number of hydrogen-bond acceptors (Lipinski definition) is 2. The van der Waals surface area contributed by atoms with Gasteiger partial charge in [0, 0.05) is 20.7 Å². The monoisotopic (exact) mass is 297 g/mol. The van der Waals surface area contributed by atoms with Crippen LogP contribution in [0.25, 0.3) is 0 Å². The fraction of sp³-hybridized carbons (Fsp3) is 0.538. The molecule has 1 N–H and O–H groups in total. The summed E-state index contributed by atoms with van der Waals surface area (Å²) in [5.74, 6) is 0. The van der Waals surface area contributed by atoms with Gasteiger partial charge in [-0.3, -0.25) is 0 Å². The van der Waals surface area contributed by atoms with Gasteiger partial charge in [0.1, 0.15) is 0 Å². The second kappa shape index (κ2) is 4.26. The summed E-state index contributed by atoms with van der Waals surface area (Å²) >= 11 is 5.72. The summed E-state index contributed by atoms with van der Waals surface area (Å²) in [6.45, 7) is 1.13. The Kier molecular flexibility index (Phi) is 2.92. The number of anilines is 1. The summed E-state index contributed by atoms with van der Waals surface area (Å²) in [5.41, 5.74) is 1.30. The molecule has 1 heterocycles. The lowest BCUT2D eigenvalue weighted by Crippen LogP contribution is -2.38. The van der Waals surface area contributed by atoms with Gasteiger partial charge in [0.2, 0.25) is 0 Å². The Morgan fingerprint density at radius 2 is 2.00 bits per heavy atom. The minimum atomic E-state index is 0.478. The molecule has 1 saturated carbocycles. The molecule has 0 radical (unpaired) electrons. The average molecular weight is 298 g/mol. The van der Waals surface area contributed by atoms with Gasteiger partial charge in [-0.15, -0.1) is 11.8 Å². The summed E-state index contributed by atoms with van der Waals surface area (Å²) in [6.07, 6.45) is 6.97. The highest BCUT2D eigenvalue weighted by molar-refractivity contribution is 9.10.